The van der Waals surface area contributed by atoms with Crippen LogP contribution >= 0.6 is 11.3 Å². The van der Waals surface area contributed by atoms with Gasteiger partial charge < -0.3 is 19.5 Å². The van der Waals surface area contributed by atoms with Gasteiger partial charge in [0.2, 0.25) is 6.79 Å². The maximum absolute atomic E-state index is 12.5. The first-order valence-corrected chi connectivity index (χ1v) is 10.7. The van der Waals surface area contributed by atoms with Gasteiger partial charge in [-0.1, -0.05) is 6.07 Å². The molecule has 32 heavy (non-hydrogen) atoms. The number of hydrogen-bond acceptors (Lipinski definition) is 7. The number of ether oxygens (including phenoxy) is 2. The number of aliphatic carboxylic acids is 1. The molecule has 2 aromatic rings. The number of carboxylic acids is 1. The highest BCUT2D eigenvalue weighted by Crippen LogP contribution is 2.35. The van der Waals surface area contributed by atoms with E-state index in [1.54, 1.807) is 5.51 Å². The second-order valence-corrected chi connectivity index (χ2v) is 8.51. The number of rotatable bonds is 3. The Morgan fingerprint density at radius 1 is 1.12 bits per heavy atom. The highest BCUT2D eigenvalue weighted by molar-refractivity contribution is 7.07. The molecule has 1 aromatic heterocycles. The molecule has 2 saturated heterocycles. The molecule has 12 heteroatoms. The maximum atomic E-state index is 12.5. The zero-order chi connectivity index (χ0) is 22.9. The number of alkyl halides is 3. The summed E-state index contributed by atoms with van der Waals surface area (Å²) < 4.78 is 42.6. The molecule has 3 aliphatic heterocycles. The summed E-state index contributed by atoms with van der Waals surface area (Å²) in [6.45, 7) is 5.01. The quantitative estimate of drug-likeness (QED) is 0.736. The third kappa shape index (κ3) is 4.96. The van der Waals surface area contributed by atoms with E-state index in [1.165, 1.54) is 16.9 Å². The molecule has 5 rings (SSSR count). The Morgan fingerprint density at radius 3 is 2.38 bits per heavy atom. The van der Waals surface area contributed by atoms with Crippen molar-refractivity contribution in [3.05, 3.63) is 40.3 Å². The van der Waals surface area contributed by atoms with Crippen molar-refractivity contribution in [2.45, 2.75) is 12.7 Å². The van der Waals surface area contributed by atoms with Crippen LogP contribution in [0.1, 0.15) is 16.1 Å². The van der Waals surface area contributed by atoms with Gasteiger partial charge in [0.25, 0.3) is 5.91 Å². The lowest BCUT2D eigenvalue weighted by molar-refractivity contribution is -0.192. The van der Waals surface area contributed by atoms with Gasteiger partial charge in [-0.3, -0.25) is 9.69 Å². The van der Waals surface area contributed by atoms with Gasteiger partial charge >= 0.3 is 12.1 Å². The van der Waals surface area contributed by atoms with Crippen molar-refractivity contribution in [3.63, 3.8) is 0 Å². The number of thiazole rings is 1. The zero-order valence-corrected chi connectivity index (χ0v) is 17.6. The topological polar surface area (TPSA) is 92.2 Å². The Labute approximate surface area is 185 Å². The summed E-state index contributed by atoms with van der Waals surface area (Å²) in [6.07, 6.45) is -5.08. The number of fused-ring (bicyclic) bond motifs is 2. The van der Waals surface area contributed by atoms with Crippen LogP contribution in [0.2, 0.25) is 0 Å². The number of carbonyl (C=O) groups excluding carboxylic acids is 1. The fraction of sp³-hybridized carbons (Fsp3) is 0.450. The Kier molecular flexibility index (Phi) is 6.24. The van der Waals surface area contributed by atoms with Gasteiger partial charge in [-0.25, -0.2) is 9.78 Å². The number of benzene rings is 1. The minimum Gasteiger partial charge on any atom is -0.475 e. The van der Waals surface area contributed by atoms with Gasteiger partial charge in [0, 0.05) is 38.1 Å². The van der Waals surface area contributed by atoms with Gasteiger partial charge in [-0.2, -0.15) is 13.2 Å². The first kappa shape index (κ1) is 22.3. The minimum atomic E-state index is -5.08. The molecule has 2 atom stereocenters. The molecule has 2 fully saturated rings. The highest BCUT2D eigenvalue weighted by atomic mass is 32.1. The van der Waals surface area contributed by atoms with E-state index in [9.17, 15) is 18.0 Å². The van der Waals surface area contributed by atoms with Crippen LogP contribution in [0.25, 0.3) is 0 Å². The number of nitrogens with zero attached hydrogens (tertiary/aromatic N) is 3. The number of aromatic nitrogens is 1. The average molecular weight is 471 g/mol. The number of amides is 1. The molecule has 172 valence electrons. The summed E-state index contributed by atoms with van der Waals surface area (Å²) in [5, 5.41) is 8.96. The summed E-state index contributed by atoms with van der Waals surface area (Å²) >= 11 is 1.47. The number of carbonyl (C=O) groups is 2. The van der Waals surface area contributed by atoms with E-state index in [4.69, 9.17) is 19.4 Å². The van der Waals surface area contributed by atoms with E-state index >= 15 is 0 Å². The van der Waals surface area contributed by atoms with E-state index in [0.29, 0.717) is 24.3 Å². The Balaban J connectivity index is 0.000000307. The predicted molar refractivity (Wildman–Crippen MR) is 107 cm³/mol. The van der Waals surface area contributed by atoms with Gasteiger partial charge in [0.1, 0.15) is 5.69 Å². The van der Waals surface area contributed by atoms with Crippen molar-refractivity contribution in [2.24, 2.45) is 11.8 Å². The summed E-state index contributed by atoms with van der Waals surface area (Å²) in [7, 11) is 0. The fourth-order valence-corrected chi connectivity index (χ4v) is 4.69. The second kappa shape index (κ2) is 8.94. The van der Waals surface area contributed by atoms with Gasteiger partial charge in [-0.15, -0.1) is 11.3 Å². The van der Waals surface area contributed by atoms with E-state index in [1.807, 2.05) is 16.3 Å². The molecule has 0 unspecified atom stereocenters. The largest absolute Gasteiger partial charge is 0.490 e. The van der Waals surface area contributed by atoms with Crippen LogP contribution in [0, 0.1) is 11.8 Å². The molecule has 3 aliphatic rings. The summed E-state index contributed by atoms with van der Waals surface area (Å²) in [5.41, 5.74) is 3.55. The molecule has 0 radical (unpaired) electrons. The van der Waals surface area contributed by atoms with Crippen LogP contribution in [0.3, 0.4) is 0 Å². The summed E-state index contributed by atoms with van der Waals surface area (Å²) in [6, 6.07) is 6.18. The maximum Gasteiger partial charge on any atom is 0.490 e. The molecule has 0 spiro atoms. The van der Waals surface area contributed by atoms with Crippen LogP contribution in [0.15, 0.2) is 29.1 Å². The average Bonchev–Trinajstić information content (AvgIpc) is 3.50. The van der Waals surface area contributed by atoms with E-state index in [2.05, 4.69) is 22.0 Å². The Morgan fingerprint density at radius 2 is 1.78 bits per heavy atom. The normalized spacial score (nSPS) is 21.8. The molecule has 1 amide bonds. The molecule has 4 heterocycles. The zero-order valence-electron chi connectivity index (χ0n) is 16.7. The van der Waals surface area contributed by atoms with Crippen LogP contribution in [0.4, 0.5) is 13.2 Å². The van der Waals surface area contributed by atoms with Crippen LogP contribution in [0.5, 0.6) is 11.5 Å². The van der Waals surface area contributed by atoms with Crippen molar-refractivity contribution in [1.82, 2.24) is 14.8 Å². The smallest absolute Gasteiger partial charge is 0.475 e. The minimum absolute atomic E-state index is 0.0815. The lowest BCUT2D eigenvalue weighted by Crippen LogP contribution is -2.33. The molecule has 0 aliphatic carbocycles. The molecule has 1 N–H and O–H groups in total. The monoisotopic (exact) mass is 471 g/mol. The molecule has 1 aromatic carbocycles. The van der Waals surface area contributed by atoms with Crippen LogP contribution in [-0.4, -0.2) is 70.9 Å². The van der Waals surface area contributed by atoms with Crippen LogP contribution < -0.4 is 9.47 Å². The lowest BCUT2D eigenvalue weighted by Gasteiger charge is -2.21. The summed E-state index contributed by atoms with van der Waals surface area (Å²) in [5.74, 6) is 0.133. The lowest BCUT2D eigenvalue weighted by atomic mass is 10.0. The van der Waals surface area contributed by atoms with Crippen molar-refractivity contribution in [1.29, 1.82) is 0 Å². The van der Waals surface area contributed by atoms with E-state index in [0.717, 1.165) is 44.2 Å². The molecule has 0 bridgehead atoms. The molecular formula is C20H20F3N3O5S. The van der Waals surface area contributed by atoms with Crippen LogP contribution in [-0.2, 0) is 11.3 Å². The van der Waals surface area contributed by atoms with Gasteiger partial charge in [0.15, 0.2) is 11.5 Å². The second-order valence-electron chi connectivity index (χ2n) is 7.79. The Hall–Kier alpha value is -2.86. The van der Waals surface area contributed by atoms with Gasteiger partial charge in [0.05, 0.1) is 5.51 Å². The molecular weight excluding hydrogens is 451 g/mol. The molecule has 0 saturated carbocycles. The number of halogens is 3. The Bertz CT molecular complexity index is 971. The highest BCUT2D eigenvalue weighted by Gasteiger charge is 2.42. The standard InChI is InChI=1S/C18H19N3O3S.C2HF3O2/c22-18(15-9-25-10-19-15)21-7-13-5-20(6-14(13)8-21)4-12-1-2-16-17(3-12)24-11-23-16;3-2(4,5)1(6)7/h1-3,9-10,13-14H,4-8,11H2;(H,6,7)/t13-,14+;. The SMILES string of the molecule is O=C(O)C(F)(F)F.O=C(c1cscn1)N1C[C@H]2CN(Cc3ccc4c(c3)OCO4)C[C@H]2C1. The fourth-order valence-electron chi connectivity index (χ4n) is 4.16. The first-order chi connectivity index (χ1) is 15.2. The van der Waals surface area contributed by atoms with E-state index in [-0.39, 0.29) is 5.91 Å². The van der Waals surface area contributed by atoms with E-state index < -0.39 is 12.1 Å². The number of likely N-dealkylation sites (tertiary alicyclic amines) is 2. The third-order valence-corrected chi connectivity index (χ3v) is 6.17. The van der Waals surface area contributed by atoms with Crippen molar-refractivity contribution < 1.29 is 37.3 Å². The first-order valence-electron chi connectivity index (χ1n) is 9.79. The third-order valence-electron chi connectivity index (χ3n) is 5.59. The number of hydrogen-bond donors (Lipinski definition) is 1. The van der Waals surface area contributed by atoms with Crippen molar-refractivity contribution in [2.75, 3.05) is 33.0 Å². The van der Waals surface area contributed by atoms with Crippen molar-refractivity contribution in [3.8, 4) is 11.5 Å². The predicted octanol–water partition coefficient (Wildman–Crippen LogP) is 2.71. The molecule has 8 nitrogen and oxygen atoms in total. The van der Waals surface area contributed by atoms with Gasteiger partial charge in [-0.05, 0) is 29.5 Å². The number of carboxylic acid groups (broad SMARTS) is 1. The summed E-state index contributed by atoms with van der Waals surface area (Å²) in [4.78, 5) is 30.0. The van der Waals surface area contributed by atoms with Crippen molar-refractivity contribution >= 4 is 23.2 Å².